The fourth-order valence-electron chi connectivity index (χ4n) is 1.38. The molecule has 0 radical (unpaired) electrons. The molecule has 0 aromatic heterocycles. The summed E-state index contributed by atoms with van der Waals surface area (Å²) in [5.74, 6) is -1.62. The highest BCUT2D eigenvalue weighted by Gasteiger charge is 2.27. The summed E-state index contributed by atoms with van der Waals surface area (Å²) < 4.78 is 0. The van der Waals surface area contributed by atoms with Crippen molar-refractivity contribution in [1.29, 1.82) is 0 Å². The average Bonchev–Trinajstić information content (AvgIpc) is 2.27. The molecule has 4 N–H and O–H groups in total. The van der Waals surface area contributed by atoms with E-state index in [0.29, 0.717) is 5.56 Å². The van der Waals surface area contributed by atoms with Crippen LogP contribution in [0.2, 0.25) is 0 Å². The lowest BCUT2D eigenvalue weighted by molar-refractivity contribution is -0.140. The quantitative estimate of drug-likeness (QED) is 0.683. The Balaban J connectivity index is 2.77. The minimum atomic E-state index is -1.10. The van der Waals surface area contributed by atoms with Gasteiger partial charge < -0.3 is 15.9 Å². The lowest BCUT2D eigenvalue weighted by Crippen LogP contribution is -2.39. The van der Waals surface area contributed by atoms with Gasteiger partial charge in [0.2, 0.25) is 0 Å². The van der Waals surface area contributed by atoms with Crippen LogP contribution in [0.1, 0.15) is 18.6 Å². The van der Waals surface area contributed by atoms with Crippen LogP contribution in [0.5, 0.6) is 0 Å². The van der Waals surface area contributed by atoms with Crippen molar-refractivity contribution in [3.05, 3.63) is 35.9 Å². The number of carbonyl (C=O) groups is 1. The number of hydrogen-bond donors (Lipinski definition) is 3. The first-order valence-corrected chi connectivity index (χ1v) is 4.75. The van der Waals surface area contributed by atoms with Crippen molar-refractivity contribution in [2.24, 2.45) is 11.7 Å². The Bertz CT molecular complexity index is 326. The first kappa shape index (κ1) is 11.7. The highest BCUT2D eigenvalue weighted by molar-refractivity contribution is 5.73. The third kappa shape index (κ3) is 2.78. The first-order valence-electron chi connectivity index (χ1n) is 4.75. The molecule has 15 heavy (non-hydrogen) atoms. The third-order valence-corrected chi connectivity index (χ3v) is 2.49. The molecule has 1 rings (SSSR count). The van der Waals surface area contributed by atoms with Gasteiger partial charge in [0.05, 0.1) is 6.10 Å². The molecule has 0 bridgehead atoms. The predicted octanol–water partition coefficient (Wildman–Crippen LogP) is 0.768. The molecule has 0 heterocycles. The van der Waals surface area contributed by atoms with Gasteiger partial charge in [-0.05, 0) is 5.56 Å². The Kier molecular flexibility index (Phi) is 3.82. The largest absolute Gasteiger partial charge is 0.480 e. The van der Waals surface area contributed by atoms with Crippen LogP contribution in [0.25, 0.3) is 0 Å². The van der Waals surface area contributed by atoms with E-state index in [4.69, 9.17) is 10.8 Å². The highest BCUT2D eigenvalue weighted by Crippen LogP contribution is 2.23. The van der Waals surface area contributed by atoms with Crippen LogP contribution in [-0.4, -0.2) is 22.2 Å². The molecule has 1 aromatic carbocycles. The van der Waals surface area contributed by atoms with E-state index in [1.807, 2.05) is 6.07 Å². The van der Waals surface area contributed by atoms with Crippen molar-refractivity contribution in [3.63, 3.8) is 0 Å². The minimum Gasteiger partial charge on any atom is -0.480 e. The van der Waals surface area contributed by atoms with E-state index < -0.39 is 24.0 Å². The number of aliphatic carboxylic acids is 1. The van der Waals surface area contributed by atoms with Crippen LogP contribution >= 0.6 is 0 Å². The zero-order valence-electron chi connectivity index (χ0n) is 8.50. The van der Waals surface area contributed by atoms with Crippen molar-refractivity contribution >= 4 is 5.97 Å². The molecule has 0 saturated carbocycles. The van der Waals surface area contributed by atoms with Gasteiger partial charge in [0.15, 0.2) is 0 Å². The molecule has 0 aliphatic heterocycles. The molecule has 0 amide bonds. The molecule has 4 heteroatoms. The summed E-state index contributed by atoms with van der Waals surface area (Å²) >= 11 is 0. The zero-order chi connectivity index (χ0) is 11.4. The topological polar surface area (TPSA) is 83.6 Å². The number of rotatable bonds is 4. The number of benzene rings is 1. The third-order valence-electron chi connectivity index (χ3n) is 2.49. The maximum Gasteiger partial charge on any atom is 0.320 e. The number of carboxylic acid groups (broad SMARTS) is 1. The lowest BCUT2D eigenvalue weighted by Gasteiger charge is -2.22. The highest BCUT2D eigenvalue weighted by atomic mass is 16.4. The van der Waals surface area contributed by atoms with Gasteiger partial charge in [-0.3, -0.25) is 4.79 Å². The van der Waals surface area contributed by atoms with Gasteiger partial charge in [-0.15, -0.1) is 0 Å². The number of nitrogens with two attached hydrogens (primary N) is 1. The van der Waals surface area contributed by atoms with Gasteiger partial charge in [0.25, 0.3) is 0 Å². The maximum absolute atomic E-state index is 10.6. The van der Waals surface area contributed by atoms with Gasteiger partial charge in [-0.25, -0.2) is 0 Å². The van der Waals surface area contributed by atoms with Crippen molar-refractivity contribution in [1.82, 2.24) is 0 Å². The monoisotopic (exact) mass is 209 g/mol. The van der Waals surface area contributed by atoms with Gasteiger partial charge in [0, 0.05) is 5.92 Å². The second-order valence-corrected chi connectivity index (χ2v) is 3.58. The van der Waals surface area contributed by atoms with Gasteiger partial charge in [-0.2, -0.15) is 0 Å². The van der Waals surface area contributed by atoms with Crippen LogP contribution in [0.3, 0.4) is 0 Å². The van der Waals surface area contributed by atoms with Gasteiger partial charge >= 0.3 is 5.97 Å². The van der Waals surface area contributed by atoms with Gasteiger partial charge in [-0.1, -0.05) is 37.3 Å². The summed E-state index contributed by atoms with van der Waals surface area (Å²) in [5, 5.41) is 18.6. The molecule has 0 fully saturated rings. The van der Waals surface area contributed by atoms with E-state index in [1.165, 1.54) is 0 Å². The van der Waals surface area contributed by atoms with Crippen LogP contribution in [0.15, 0.2) is 30.3 Å². The zero-order valence-corrected chi connectivity index (χ0v) is 8.50. The summed E-state index contributed by atoms with van der Waals surface area (Å²) in [6, 6.07) is 7.85. The number of aliphatic hydroxyl groups is 1. The molecule has 82 valence electrons. The molecule has 0 aliphatic carbocycles. The second kappa shape index (κ2) is 4.91. The molecular formula is C11H15NO3. The molecule has 0 aliphatic rings. The van der Waals surface area contributed by atoms with Crippen LogP contribution in [-0.2, 0) is 4.79 Å². The molecule has 0 spiro atoms. The van der Waals surface area contributed by atoms with E-state index in [2.05, 4.69) is 0 Å². The van der Waals surface area contributed by atoms with Crippen LogP contribution in [0.4, 0.5) is 0 Å². The first-order chi connectivity index (χ1) is 7.04. The van der Waals surface area contributed by atoms with Crippen LogP contribution < -0.4 is 5.73 Å². The molecule has 4 nitrogen and oxygen atoms in total. The minimum absolute atomic E-state index is 0.523. The van der Waals surface area contributed by atoms with Crippen molar-refractivity contribution in [2.75, 3.05) is 0 Å². The summed E-state index contributed by atoms with van der Waals surface area (Å²) in [7, 11) is 0. The molecule has 0 saturated heterocycles. The summed E-state index contributed by atoms with van der Waals surface area (Å²) in [4.78, 5) is 10.6. The molecule has 0 unspecified atom stereocenters. The Hall–Kier alpha value is -1.39. The van der Waals surface area contributed by atoms with E-state index in [9.17, 15) is 9.90 Å². The van der Waals surface area contributed by atoms with E-state index in [0.717, 1.165) is 0 Å². The molecule has 3 atom stereocenters. The van der Waals surface area contributed by atoms with Crippen molar-refractivity contribution in [2.45, 2.75) is 19.1 Å². The maximum atomic E-state index is 10.6. The molecule has 1 aromatic rings. The smallest absolute Gasteiger partial charge is 0.320 e. The predicted molar refractivity (Wildman–Crippen MR) is 56.2 cm³/mol. The number of hydrogen-bond acceptors (Lipinski definition) is 3. The van der Waals surface area contributed by atoms with Crippen molar-refractivity contribution in [3.8, 4) is 0 Å². The Labute approximate surface area is 88.3 Å². The lowest BCUT2D eigenvalue weighted by atomic mass is 9.91. The number of carboxylic acids is 1. The van der Waals surface area contributed by atoms with E-state index >= 15 is 0 Å². The summed E-state index contributed by atoms with van der Waals surface area (Å²) in [6.07, 6.45) is -0.850. The second-order valence-electron chi connectivity index (χ2n) is 3.58. The number of aliphatic hydroxyl groups excluding tert-OH is 1. The fourth-order valence-corrected chi connectivity index (χ4v) is 1.38. The standard InChI is InChI=1S/C11H15NO3/c1-7(9(12)11(14)15)10(13)8-5-3-2-4-6-8/h2-7,9-10,13H,12H2,1H3,(H,14,15)/t7-,9+,10-/m1/s1. The Morgan fingerprint density at radius 1 is 1.33 bits per heavy atom. The summed E-state index contributed by atoms with van der Waals surface area (Å²) in [5.41, 5.74) is 6.12. The Morgan fingerprint density at radius 2 is 1.87 bits per heavy atom. The average molecular weight is 209 g/mol. The normalized spacial score (nSPS) is 16.7. The fraction of sp³-hybridized carbons (Fsp3) is 0.364. The SMILES string of the molecule is C[C@H]([C@H](N)C(=O)O)[C@@H](O)c1ccccc1. The Morgan fingerprint density at radius 3 is 2.33 bits per heavy atom. The van der Waals surface area contributed by atoms with Crippen LogP contribution in [0, 0.1) is 5.92 Å². The summed E-state index contributed by atoms with van der Waals surface area (Å²) in [6.45, 7) is 1.62. The van der Waals surface area contributed by atoms with E-state index in [1.54, 1.807) is 31.2 Å². The van der Waals surface area contributed by atoms with Crippen molar-refractivity contribution < 1.29 is 15.0 Å². The van der Waals surface area contributed by atoms with Gasteiger partial charge in [0.1, 0.15) is 6.04 Å². The molecular weight excluding hydrogens is 194 g/mol. The van der Waals surface area contributed by atoms with E-state index in [-0.39, 0.29) is 0 Å².